The molecular formula is C16H12O8. The van der Waals surface area contributed by atoms with Crippen LogP contribution in [0.15, 0.2) is 24.3 Å². The summed E-state index contributed by atoms with van der Waals surface area (Å²) in [6, 6.07) is 4.25. The van der Waals surface area contributed by atoms with E-state index in [0.717, 1.165) is 25.3 Å². The number of esters is 2. The average Bonchev–Trinajstić information content (AvgIpc) is 2.82. The number of methoxy groups -OCH3 is 1. The van der Waals surface area contributed by atoms with Crippen LogP contribution in [0.1, 0.15) is 37.9 Å². The molecule has 0 radical (unpaired) electrons. The molecule has 1 aliphatic rings. The molecule has 1 heterocycles. The zero-order chi connectivity index (χ0) is 17.6. The summed E-state index contributed by atoms with van der Waals surface area (Å²) in [5.74, 6) is -3.47. The Morgan fingerprint density at radius 2 is 1.67 bits per heavy atom. The van der Waals surface area contributed by atoms with Crippen molar-refractivity contribution in [3.8, 4) is 23.0 Å². The average molecular weight is 332 g/mol. The lowest BCUT2D eigenvalue weighted by atomic mass is 9.96. The molecule has 0 bridgehead atoms. The first-order valence-corrected chi connectivity index (χ1v) is 6.74. The Morgan fingerprint density at radius 1 is 1.04 bits per heavy atom. The number of aromatic hydroxyl groups is 4. The van der Waals surface area contributed by atoms with E-state index in [4.69, 9.17) is 4.74 Å². The number of phenols is 4. The van der Waals surface area contributed by atoms with Gasteiger partial charge >= 0.3 is 11.9 Å². The van der Waals surface area contributed by atoms with Crippen LogP contribution < -0.4 is 0 Å². The zero-order valence-corrected chi connectivity index (χ0v) is 12.3. The predicted molar refractivity (Wildman–Crippen MR) is 78.1 cm³/mol. The van der Waals surface area contributed by atoms with Crippen LogP contribution >= 0.6 is 0 Å². The molecule has 0 saturated carbocycles. The molecule has 1 unspecified atom stereocenters. The van der Waals surface area contributed by atoms with Gasteiger partial charge in [-0.3, -0.25) is 0 Å². The van der Waals surface area contributed by atoms with Gasteiger partial charge in [0.1, 0.15) is 28.6 Å². The zero-order valence-electron chi connectivity index (χ0n) is 12.3. The number of hydrogen-bond acceptors (Lipinski definition) is 8. The number of fused-ring (bicyclic) bond motifs is 1. The summed E-state index contributed by atoms with van der Waals surface area (Å²) in [4.78, 5) is 23.4. The molecule has 1 atom stereocenters. The molecule has 8 nitrogen and oxygen atoms in total. The lowest BCUT2D eigenvalue weighted by molar-refractivity contribution is 0.0446. The molecule has 4 N–H and O–H groups in total. The van der Waals surface area contributed by atoms with E-state index in [1.54, 1.807) is 0 Å². The third-order valence-corrected chi connectivity index (χ3v) is 3.66. The van der Waals surface area contributed by atoms with Gasteiger partial charge in [-0.1, -0.05) is 0 Å². The highest BCUT2D eigenvalue weighted by atomic mass is 16.6. The topological polar surface area (TPSA) is 134 Å². The molecule has 0 aliphatic carbocycles. The standard InChI is InChI=1S/C16H12O8/c1-23-15(21)6-2-9(18)13(10(19)3-6)14-8-4-7(17)5-11(20)12(8)16(22)24-14/h2-5,14,17-20H,1H3. The number of carbonyl (C=O) groups is 2. The highest BCUT2D eigenvalue weighted by Crippen LogP contribution is 2.47. The smallest absolute Gasteiger partial charge is 0.343 e. The minimum absolute atomic E-state index is 0.0777. The van der Waals surface area contributed by atoms with E-state index < -0.39 is 35.3 Å². The Bertz CT molecular complexity index is 848. The van der Waals surface area contributed by atoms with Crippen LogP contribution in [-0.4, -0.2) is 39.5 Å². The fourth-order valence-electron chi connectivity index (χ4n) is 2.63. The van der Waals surface area contributed by atoms with Gasteiger partial charge in [0.25, 0.3) is 0 Å². The molecule has 0 aromatic heterocycles. The molecular weight excluding hydrogens is 320 g/mol. The summed E-state index contributed by atoms with van der Waals surface area (Å²) in [7, 11) is 1.14. The number of benzene rings is 2. The van der Waals surface area contributed by atoms with Gasteiger partial charge in [0, 0.05) is 11.6 Å². The second-order valence-corrected chi connectivity index (χ2v) is 5.13. The van der Waals surface area contributed by atoms with Crippen molar-refractivity contribution < 1.29 is 39.5 Å². The van der Waals surface area contributed by atoms with Crippen LogP contribution in [0, 0.1) is 0 Å². The summed E-state index contributed by atoms with van der Waals surface area (Å²) >= 11 is 0. The third-order valence-electron chi connectivity index (χ3n) is 3.66. The molecule has 2 aromatic rings. The summed E-state index contributed by atoms with van der Waals surface area (Å²) in [6.07, 6.45) is -1.25. The Morgan fingerprint density at radius 3 is 2.25 bits per heavy atom. The molecule has 8 heteroatoms. The summed E-state index contributed by atoms with van der Waals surface area (Å²) in [5, 5.41) is 39.7. The highest BCUT2D eigenvalue weighted by Gasteiger charge is 2.38. The minimum Gasteiger partial charge on any atom is -0.508 e. The molecule has 1 aliphatic heterocycles. The number of cyclic esters (lactones) is 1. The van der Waals surface area contributed by atoms with Crippen molar-refractivity contribution in [2.45, 2.75) is 6.10 Å². The number of rotatable bonds is 2. The maximum Gasteiger partial charge on any atom is 0.343 e. The van der Waals surface area contributed by atoms with Crippen LogP contribution in [0.4, 0.5) is 0 Å². The first-order valence-electron chi connectivity index (χ1n) is 6.74. The molecule has 24 heavy (non-hydrogen) atoms. The van der Waals surface area contributed by atoms with Crippen molar-refractivity contribution in [1.29, 1.82) is 0 Å². The van der Waals surface area contributed by atoms with Crippen molar-refractivity contribution in [3.63, 3.8) is 0 Å². The SMILES string of the molecule is COC(=O)c1cc(O)c(C2OC(=O)c3c(O)cc(O)cc32)c(O)c1. The van der Waals surface area contributed by atoms with Crippen LogP contribution in [0.25, 0.3) is 0 Å². The van der Waals surface area contributed by atoms with Crippen LogP contribution in [0.2, 0.25) is 0 Å². The van der Waals surface area contributed by atoms with Crippen LogP contribution in [0.3, 0.4) is 0 Å². The number of carbonyl (C=O) groups excluding carboxylic acids is 2. The number of hydrogen-bond donors (Lipinski definition) is 4. The fourth-order valence-corrected chi connectivity index (χ4v) is 2.63. The summed E-state index contributed by atoms with van der Waals surface area (Å²) in [5.41, 5.74) is -0.373. The van der Waals surface area contributed by atoms with E-state index >= 15 is 0 Å². The Kier molecular flexibility index (Phi) is 3.44. The summed E-state index contributed by atoms with van der Waals surface area (Å²) < 4.78 is 9.60. The van der Waals surface area contributed by atoms with Crippen molar-refractivity contribution in [2.24, 2.45) is 0 Å². The third kappa shape index (κ3) is 2.24. The van der Waals surface area contributed by atoms with Gasteiger partial charge in [0.05, 0.1) is 18.2 Å². The van der Waals surface area contributed by atoms with Gasteiger partial charge in [-0.2, -0.15) is 0 Å². The molecule has 0 spiro atoms. The number of phenolic OH excluding ortho intramolecular Hbond substituents is 4. The van der Waals surface area contributed by atoms with Crippen LogP contribution in [-0.2, 0) is 9.47 Å². The van der Waals surface area contributed by atoms with E-state index in [-0.39, 0.29) is 28.0 Å². The monoisotopic (exact) mass is 332 g/mol. The molecule has 0 saturated heterocycles. The summed E-state index contributed by atoms with van der Waals surface area (Å²) in [6.45, 7) is 0. The Hall–Kier alpha value is -3.42. The van der Waals surface area contributed by atoms with Crippen molar-refractivity contribution in [3.05, 3.63) is 46.5 Å². The van der Waals surface area contributed by atoms with E-state index in [0.29, 0.717) is 0 Å². The fraction of sp³-hybridized carbons (Fsp3) is 0.125. The molecule has 0 fully saturated rings. The van der Waals surface area contributed by atoms with Gasteiger partial charge in [0.2, 0.25) is 0 Å². The maximum atomic E-state index is 11.9. The second-order valence-electron chi connectivity index (χ2n) is 5.13. The van der Waals surface area contributed by atoms with Gasteiger partial charge < -0.3 is 29.9 Å². The van der Waals surface area contributed by atoms with E-state index in [2.05, 4.69) is 4.74 Å². The maximum absolute atomic E-state index is 11.9. The first kappa shape index (κ1) is 15.5. The van der Waals surface area contributed by atoms with Crippen LogP contribution in [0.5, 0.6) is 23.0 Å². The van der Waals surface area contributed by atoms with Crippen molar-refractivity contribution in [1.82, 2.24) is 0 Å². The van der Waals surface area contributed by atoms with Crippen molar-refractivity contribution in [2.75, 3.05) is 7.11 Å². The van der Waals surface area contributed by atoms with Gasteiger partial charge in [0.15, 0.2) is 6.10 Å². The van der Waals surface area contributed by atoms with E-state index in [9.17, 15) is 30.0 Å². The first-order chi connectivity index (χ1) is 11.3. The van der Waals surface area contributed by atoms with Crippen molar-refractivity contribution >= 4 is 11.9 Å². The molecule has 0 amide bonds. The van der Waals surface area contributed by atoms with Gasteiger partial charge in [-0.05, 0) is 18.2 Å². The quantitative estimate of drug-likeness (QED) is 0.609. The highest BCUT2D eigenvalue weighted by molar-refractivity contribution is 5.98. The minimum atomic E-state index is -1.25. The van der Waals surface area contributed by atoms with Gasteiger partial charge in [-0.15, -0.1) is 0 Å². The molecule has 2 aromatic carbocycles. The Balaban J connectivity index is 2.16. The molecule has 124 valence electrons. The normalized spacial score (nSPS) is 15.7. The number of ether oxygens (including phenoxy) is 2. The second kappa shape index (κ2) is 5.34. The lowest BCUT2D eigenvalue weighted by Gasteiger charge is -2.15. The lowest BCUT2D eigenvalue weighted by Crippen LogP contribution is -2.05. The Labute approximate surface area is 135 Å². The van der Waals surface area contributed by atoms with E-state index in [1.807, 2.05) is 0 Å². The predicted octanol–water partition coefficient (Wildman–Crippen LogP) is 1.56. The van der Waals surface area contributed by atoms with Gasteiger partial charge in [-0.25, -0.2) is 9.59 Å². The largest absolute Gasteiger partial charge is 0.508 e. The molecule has 3 rings (SSSR count). The van der Waals surface area contributed by atoms with E-state index in [1.165, 1.54) is 6.07 Å².